The topological polar surface area (TPSA) is 61.9 Å². The number of nitrogens with one attached hydrogen (secondary N) is 1. The van der Waals surface area contributed by atoms with Gasteiger partial charge in [0.2, 0.25) is 0 Å². The molecule has 0 spiro atoms. The van der Waals surface area contributed by atoms with Crippen molar-refractivity contribution in [2.24, 2.45) is 0 Å². The molecule has 152 valence electrons. The van der Waals surface area contributed by atoms with E-state index in [0.29, 0.717) is 16.5 Å². The SMILES string of the molecule is Cl.O=S(=O)(c1ccccc1F)N1CCOc2c(N3CCNCC3)cc(Cl)cc21. The van der Waals surface area contributed by atoms with Crippen LogP contribution in [0, 0.1) is 5.82 Å². The van der Waals surface area contributed by atoms with Gasteiger partial charge in [-0.3, -0.25) is 4.31 Å². The number of ether oxygens (including phenoxy) is 1. The van der Waals surface area contributed by atoms with E-state index in [1.54, 1.807) is 12.1 Å². The molecule has 4 rings (SSSR count). The van der Waals surface area contributed by atoms with Crippen molar-refractivity contribution in [2.45, 2.75) is 4.90 Å². The van der Waals surface area contributed by atoms with E-state index in [-0.39, 0.29) is 30.5 Å². The number of benzene rings is 2. The minimum absolute atomic E-state index is 0. The molecule has 1 N–H and O–H groups in total. The van der Waals surface area contributed by atoms with E-state index in [1.807, 2.05) is 0 Å². The molecule has 1 fully saturated rings. The van der Waals surface area contributed by atoms with E-state index >= 15 is 0 Å². The zero-order chi connectivity index (χ0) is 19.0. The van der Waals surface area contributed by atoms with Crippen LogP contribution in [-0.2, 0) is 10.0 Å². The fraction of sp³-hybridized carbons (Fsp3) is 0.333. The molecule has 0 bridgehead atoms. The summed E-state index contributed by atoms with van der Waals surface area (Å²) < 4.78 is 47.5. The third-order valence-electron chi connectivity index (χ3n) is 4.69. The largest absolute Gasteiger partial charge is 0.487 e. The minimum Gasteiger partial charge on any atom is -0.487 e. The van der Waals surface area contributed by atoms with Crippen LogP contribution in [0.1, 0.15) is 0 Å². The number of halogens is 3. The van der Waals surface area contributed by atoms with Crippen LogP contribution in [0.5, 0.6) is 5.75 Å². The standard InChI is InChI=1S/C18H19ClFN3O3S.ClH/c19-13-11-15(22-7-5-21-6-8-22)18-16(12-13)23(9-10-26-18)27(24,25)17-4-2-1-3-14(17)20;/h1-4,11-12,21H,5-10H2;1H. The molecule has 2 aromatic carbocycles. The molecule has 2 heterocycles. The van der Waals surface area contributed by atoms with Crippen LogP contribution in [0.3, 0.4) is 0 Å². The third kappa shape index (κ3) is 3.74. The zero-order valence-corrected chi connectivity index (χ0v) is 17.3. The number of fused-ring (bicyclic) bond motifs is 1. The van der Waals surface area contributed by atoms with E-state index in [2.05, 4.69) is 10.2 Å². The molecule has 0 amide bonds. The molecular weight excluding hydrogens is 428 g/mol. The Balaban J connectivity index is 0.00000225. The Bertz CT molecular complexity index is 969. The summed E-state index contributed by atoms with van der Waals surface area (Å²) in [5.74, 6) is -0.317. The smallest absolute Gasteiger partial charge is 0.267 e. The average Bonchev–Trinajstić information content (AvgIpc) is 2.67. The van der Waals surface area contributed by atoms with Crippen molar-refractivity contribution < 1.29 is 17.5 Å². The van der Waals surface area contributed by atoms with Crippen LogP contribution < -0.4 is 19.3 Å². The highest BCUT2D eigenvalue weighted by Gasteiger charge is 2.34. The first kappa shape index (κ1) is 21.0. The summed E-state index contributed by atoms with van der Waals surface area (Å²) in [6.07, 6.45) is 0. The summed E-state index contributed by atoms with van der Waals surface area (Å²) in [6, 6.07) is 8.70. The van der Waals surface area contributed by atoms with Gasteiger partial charge in [-0.05, 0) is 24.3 Å². The Kier molecular flexibility index (Phi) is 6.24. The molecule has 0 saturated carbocycles. The molecule has 6 nitrogen and oxygen atoms in total. The van der Waals surface area contributed by atoms with Crippen molar-refractivity contribution in [3.8, 4) is 5.75 Å². The molecule has 0 atom stereocenters. The molecule has 1 saturated heterocycles. The highest BCUT2D eigenvalue weighted by atomic mass is 35.5. The van der Waals surface area contributed by atoms with Crippen LogP contribution in [0.2, 0.25) is 5.02 Å². The van der Waals surface area contributed by atoms with Gasteiger partial charge < -0.3 is 15.0 Å². The summed E-state index contributed by atoms with van der Waals surface area (Å²) in [5, 5.41) is 3.68. The lowest BCUT2D eigenvalue weighted by Crippen LogP contribution is -2.44. The van der Waals surface area contributed by atoms with Gasteiger partial charge in [0.05, 0.1) is 17.9 Å². The molecule has 2 aliphatic rings. The second-order valence-electron chi connectivity index (χ2n) is 6.37. The van der Waals surface area contributed by atoms with Crippen molar-refractivity contribution in [1.82, 2.24) is 5.32 Å². The number of piperazine rings is 1. The summed E-state index contributed by atoms with van der Waals surface area (Å²) in [6.45, 7) is 3.43. The lowest BCUT2D eigenvalue weighted by atomic mass is 10.2. The van der Waals surface area contributed by atoms with Crippen molar-refractivity contribution in [3.05, 3.63) is 47.2 Å². The summed E-state index contributed by atoms with van der Waals surface area (Å²) in [7, 11) is -4.08. The quantitative estimate of drug-likeness (QED) is 0.783. The predicted octanol–water partition coefficient (Wildman–Crippen LogP) is 2.90. The summed E-state index contributed by atoms with van der Waals surface area (Å²) in [4.78, 5) is 1.75. The first-order valence-electron chi connectivity index (χ1n) is 8.68. The summed E-state index contributed by atoms with van der Waals surface area (Å²) in [5.41, 5.74) is 1.10. The minimum atomic E-state index is -4.08. The van der Waals surface area contributed by atoms with E-state index in [4.69, 9.17) is 16.3 Å². The Morgan fingerprint density at radius 3 is 2.46 bits per heavy atom. The zero-order valence-electron chi connectivity index (χ0n) is 14.9. The van der Waals surface area contributed by atoms with Crippen molar-refractivity contribution in [2.75, 3.05) is 48.5 Å². The van der Waals surface area contributed by atoms with Gasteiger partial charge in [0.25, 0.3) is 10.0 Å². The van der Waals surface area contributed by atoms with E-state index in [1.165, 1.54) is 22.5 Å². The van der Waals surface area contributed by atoms with Crippen molar-refractivity contribution in [1.29, 1.82) is 0 Å². The first-order valence-corrected chi connectivity index (χ1v) is 10.5. The molecule has 0 unspecified atom stereocenters. The normalized spacial score (nSPS) is 16.8. The lowest BCUT2D eigenvalue weighted by Gasteiger charge is -2.36. The fourth-order valence-electron chi connectivity index (χ4n) is 3.41. The van der Waals surface area contributed by atoms with E-state index < -0.39 is 15.8 Å². The molecule has 28 heavy (non-hydrogen) atoms. The van der Waals surface area contributed by atoms with Crippen LogP contribution in [0.4, 0.5) is 15.8 Å². The molecular formula is C18H20Cl2FN3O3S. The molecule has 2 aliphatic heterocycles. The van der Waals surface area contributed by atoms with Gasteiger partial charge in [0, 0.05) is 31.2 Å². The molecule has 2 aromatic rings. The van der Waals surface area contributed by atoms with Gasteiger partial charge in [-0.1, -0.05) is 23.7 Å². The second kappa shape index (κ2) is 8.32. The van der Waals surface area contributed by atoms with Gasteiger partial charge in [0.15, 0.2) is 5.75 Å². The first-order chi connectivity index (χ1) is 13.0. The van der Waals surface area contributed by atoms with Crippen LogP contribution in [0.15, 0.2) is 41.3 Å². The van der Waals surface area contributed by atoms with Crippen LogP contribution in [0.25, 0.3) is 0 Å². The molecule has 0 aliphatic carbocycles. The molecule has 10 heteroatoms. The van der Waals surface area contributed by atoms with E-state index in [9.17, 15) is 12.8 Å². The fourth-order valence-corrected chi connectivity index (χ4v) is 5.13. The van der Waals surface area contributed by atoms with Gasteiger partial charge in [-0.15, -0.1) is 12.4 Å². The van der Waals surface area contributed by atoms with Crippen LogP contribution in [-0.4, -0.2) is 47.7 Å². The maximum Gasteiger partial charge on any atom is 0.267 e. The van der Waals surface area contributed by atoms with Crippen LogP contribution >= 0.6 is 24.0 Å². The van der Waals surface area contributed by atoms with E-state index in [0.717, 1.165) is 37.9 Å². The Morgan fingerprint density at radius 2 is 1.75 bits per heavy atom. The maximum absolute atomic E-state index is 14.2. The number of anilines is 2. The Morgan fingerprint density at radius 1 is 1.07 bits per heavy atom. The van der Waals surface area contributed by atoms with Gasteiger partial charge in [-0.25, -0.2) is 12.8 Å². The molecule has 0 aromatic heterocycles. The second-order valence-corrected chi connectivity index (χ2v) is 8.63. The highest BCUT2D eigenvalue weighted by Crippen LogP contribution is 2.44. The molecule has 0 radical (unpaired) electrons. The monoisotopic (exact) mass is 447 g/mol. The number of hydrogen-bond acceptors (Lipinski definition) is 5. The van der Waals surface area contributed by atoms with Gasteiger partial charge in [0.1, 0.15) is 17.3 Å². The van der Waals surface area contributed by atoms with Gasteiger partial charge in [-0.2, -0.15) is 0 Å². The average molecular weight is 448 g/mol. The Labute approximate surface area is 174 Å². The van der Waals surface area contributed by atoms with Crippen molar-refractivity contribution >= 4 is 45.4 Å². The number of hydrogen-bond donors (Lipinski definition) is 1. The Hall–Kier alpha value is -1.74. The van der Waals surface area contributed by atoms with Crippen molar-refractivity contribution in [3.63, 3.8) is 0 Å². The number of nitrogens with zero attached hydrogens (tertiary/aromatic N) is 2. The third-order valence-corrected chi connectivity index (χ3v) is 6.75. The predicted molar refractivity (Wildman–Crippen MR) is 110 cm³/mol. The number of sulfonamides is 1. The summed E-state index contributed by atoms with van der Waals surface area (Å²) >= 11 is 6.30. The maximum atomic E-state index is 14.2. The lowest BCUT2D eigenvalue weighted by molar-refractivity contribution is 0.315. The van der Waals surface area contributed by atoms with Gasteiger partial charge >= 0.3 is 0 Å². The highest BCUT2D eigenvalue weighted by molar-refractivity contribution is 7.92. The number of rotatable bonds is 3.